The van der Waals surface area contributed by atoms with Gasteiger partial charge in [-0.2, -0.15) is 0 Å². The number of hydrogen-bond donors (Lipinski definition) is 0. The molecule has 5 heteroatoms. The zero-order chi connectivity index (χ0) is 11.0. The van der Waals surface area contributed by atoms with Gasteiger partial charge in [-0.05, 0) is 24.5 Å². The Labute approximate surface area is 92.2 Å². The fourth-order valence-corrected chi connectivity index (χ4v) is 2.09. The van der Waals surface area contributed by atoms with E-state index in [1.807, 2.05) is 10.6 Å². The maximum Gasteiger partial charge on any atom is 0.197 e. The first kappa shape index (κ1) is 9.21. The van der Waals surface area contributed by atoms with Crippen LogP contribution < -0.4 is 0 Å². The number of hydrogen-bond acceptors (Lipinski definition) is 4. The average Bonchev–Trinajstić information content (AvgIpc) is 2.64. The Morgan fingerprint density at radius 1 is 1.38 bits per heavy atom. The number of carbonyl (C=O) groups is 1. The molecule has 0 N–H and O–H groups in total. The summed E-state index contributed by atoms with van der Waals surface area (Å²) >= 11 is 0. The van der Waals surface area contributed by atoms with E-state index in [9.17, 15) is 4.79 Å². The molecule has 3 rings (SSSR count). The van der Waals surface area contributed by atoms with E-state index in [-0.39, 0.29) is 0 Å². The van der Waals surface area contributed by atoms with Crippen LogP contribution in [-0.4, -0.2) is 26.0 Å². The summed E-state index contributed by atoms with van der Waals surface area (Å²) in [5, 5.41) is 7.94. The van der Waals surface area contributed by atoms with Crippen LogP contribution in [0, 0.1) is 0 Å². The lowest BCUT2D eigenvalue weighted by Gasteiger charge is -2.03. The number of carbonyl (C=O) groups excluding carboxylic acids is 1. The number of rotatable bonds is 1. The number of fused-ring (bicyclic) bond motifs is 3. The second kappa shape index (κ2) is 3.52. The third kappa shape index (κ3) is 1.25. The van der Waals surface area contributed by atoms with Gasteiger partial charge in [-0.1, -0.05) is 0 Å². The highest BCUT2D eigenvalue weighted by Crippen LogP contribution is 2.26. The fourth-order valence-electron chi connectivity index (χ4n) is 2.09. The molecule has 5 nitrogen and oxygen atoms in total. The Hall–Kier alpha value is -2.04. The predicted octanol–water partition coefficient (Wildman–Crippen LogP) is 1.10. The molecule has 0 spiro atoms. The van der Waals surface area contributed by atoms with E-state index in [0.29, 0.717) is 5.82 Å². The SMILES string of the molecule is O=Cc1nnc2n1CCCc1ccncc1-2. The first-order valence-corrected chi connectivity index (χ1v) is 5.22. The lowest BCUT2D eigenvalue weighted by Crippen LogP contribution is -2.03. The molecule has 0 saturated heterocycles. The van der Waals surface area contributed by atoms with Crippen molar-refractivity contribution in [2.45, 2.75) is 19.4 Å². The Morgan fingerprint density at radius 2 is 2.31 bits per heavy atom. The van der Waals surface area contributed by atoms with Crippen molar-refractivity contribution in [2.75, 3.05) is 0 Å². The molecule has 2 aromatic heterocycles. The van der Waals surface area contributed by atoms with Crippen LogP contribution >= 0.6 is 0 Å². The molecule has 0 fully saturated rings. The predicted molar refractivity (Wildman–Crippen MR) is 57.0 cm³/mol. The van der Waals surface area contributed by atoms with Crippen LogP contribution in [-0.2, 0) is 13.0 Å². The molecule has 0 atom stereocenters. The van der Waals surface area contributed by atoms with Crippen LogP contribution in [0.1, 0.15) is 22.6 Å². The van der Waals surface area contributed by atoms with Crippen molar-refractivity contribution in [3.63, 3.8) is 0 Å². The van der Waals surface area contributed by atoms with Gasteiger partial charge < -0.3 is 4.57 Å². The summed E-state index contributed by atoms with van der Waals surface area (Å²) in [5.74, 6) is 1.15. The van der Waals surface area contributed by atoms with E-state index in [4.69, 9.17) is 0 Å². The number of aldehydes is 1. The Balaban J connectivity index is 2.26. The molecule has 0 amide bonds. The highest BCUT2D eigenvalue weighted by molar-refractivity contribution is 5.72. The highest BCUT2D eigenvalue weighted by atomic mass is 16.1. The van der Waals surface area contributed by atoms with Crippen LogP contribution in [0.15, 0.2) is 18.5 Å². The zero-order valence-electron chi connectivity index (χ0n) is 8.63. The van der Waals surface area contributed by atoms with Gasteiger partial charge >= 0.3 is 0 Å². The summed E-state index contributed by atoms with van der Waals surface area (Å²) in [6.07, 6.45) is 6.29. The normalized spacial score (nSPS) is 13.8. The van der Waals surface area contributed by atoms with Gasteiger partial charge in [0.15, 0.2) is 17.9 Å². The van der Waals surface area contributed by atoms with Gasteiger partial charge in [0, 0.05) is 24.5 Å². The first-order chi connectivity index (χ1) is 7.90. The standard InChI is InChI=1S/C11H10N4O/c16-7-10-13-14-11-9-6-12-4-3-8(9)2-1-5-15(10)11/h3-4,6-7H,1-2,5H2. The van der Waals surface area contributed by atoms with Crippen molar-refractivity contribution in [1.82, 2.24) is 19.7 Å². The molecule has 1 aliphatic heterocycles. The number of aromatic nitrogens is 4. The maximum atomic E-state index is 10.8. The summed E-state index contributed by atoms with van der Waals surface area (Å²) in [5.41, 5.74) is 2.21. The molecule has 16 heavy (non-hydrogen) atoms. The van der Waals surface area contributed by atoms with E-state index in [0.717, 1.165) is 37.1 Å². The molecule has 0 saturated carbocycles. The van der Waals surface area contributed by atoms with Crippen LogP contribution in [0.25, 0.3) is 11.4 Å². The minimum absolute atomic E-state index is 0.395. The van der Waals surface area contributed by atoms with Crippen LogP contribution in [0.3, 0.4) is 0 Å². The molecule has 80 valence electrons. The summed E-state index contributed by atoms with van der Waals surface area (Å²) in [7, 11) is 0. The summed E-state index contributed by atoms with van der Waals surface area (Å²) in [6.45, 7) is 0.783. The Morgan fingerprint density at radius 3 is 3.19 bits per heavy atom. The minimum Gasteiger partial charge on any atom is -0.305 e. The van der Waals surface area contributed by atoms with Crippen molar-refractivity contribution in [1.29, 1.82) is 0 Å². The molecule has 0 bridgehead atoms. The van der Waals surface area contributed by atoms with Gasteiger partial charge in [0.25, 0.3) is 0 Å². The average molecular weight is 214 g/mol. The quantitative estimate of drug-likeness (QED) is 0.667. The van der Waals surface area contributed by atoms with Gasteiger partial charge in [-0.15, -0.1) is 10.2 Å². The smallest absolute Gasteiger partial charge is 0.197 e. The lowest BCUT2D eigenvalue weighted by atomic mass is 10.1. The lowest BCUT2D eigenvalue weighted by molar-refractivity contribution is 0.111. The van der Waals surface area contributed by atoms with Gasteiger partial charge in [0.05, 0.1) is 0 Å². The molecule has 2 aromatic rings. The van der Waals surface area contributed by atoms with Crippen molar-refractivity contribution >= 4 is 6.29 Å². The first-order valence-electron chi connectivity index (χ1n) is 5.22. The van der Waals surface area contributed by atoms with E-state index in [1.54, 1.807) is 12.4 Å². The van der Waals surface area contributed by atoms with Gasteiger partial charge in [0.2, 0.25) is 0 Å². The van der Waals surface area contributed by atoms with E-state index in [2.05, 4.69) is 15.2 Å². The summed E-state index contributed by atoms with van der Waals surface area (Å²) in [4.78, 5) is 14.9. The molecule has 1 aliphatic rings. The Kier molecular flexibility index (Phi) is 2.02. The third-order valence-electron chi connectivity index (χ3n) is 2.86. The molecule has 0 aromatic carbocycles. The molecular formula is C11H10N4O. The van der Waals surface area contributed by atoms with E-state index < -0.39 is 0 Å². The monoisotopic (exact) mass is 214 g/mol. The molecule has 0 unspecified atom stereocenters. The van der Waals surface area contributed by atoms with Gasteiger partial charge in [0.1, 0.15) is 0 Å². The number of nitrogens with zero attached hydrogens (tertiary/aromatic N) is 4. The third-order valence-corrected chi connectivity index (χ3v) is 2.86. The van der Waals surface area contributed by atoms with Crippen LogP contribution in [0.5, 0.6) is 0 Å². The topological polar surface area (TPSA) is 60.7 Å². The van der Waals surface area contributed by atoms with Gasteiger partial charge in [-0.25, -0.2) is 0 Å². The summed E-state index contributed by atoms with van der Waals surface area (Å²) < 4.78 is 1.86. The largest absolute Gasteiger partial charge is 0.305 e. The second-order valence-corrected chi connectivity index (χ2v) is 3.79. The maximum absolute atomic E-state index is 10.8. The molecular weight excluding hydrogens is 204 g/mol. The molecule has 0 aliphatic carbocycles. The highest BCUT2D eigenvalue weighted by Gasteiger charge is 2.19. The minimum atomic E-state index is 0.395. The fraction of sp³-hybridized carbons (Fsp3) is 0.273. The van der Waals surface area contributed by atoms with Crippen molar-refractivity contribution in [3.8, 4) is 11.4 Å². The van der Waals surface area contributed by atoms with Crippen LogP contribution in [0.2, 0.25) is 0 Å². The van der Waals surface area contributed by atoms with E-state index >= 15 is 0 Å². The molecule has 0 radical (unpaired) electrons. The van der Waals surface area contributed by atoms with Crippen LogP contribution in [0.4, 0.5) is 0 Å². The van der Waals surface area contributed by atoms with Crippen molar-refractivity contribution in [2.24, 2.45) is 0 Å². The Bertz CT molecular complexity index is 547. The zero-order valence-corrected chi connectivity index (χ0v) is 8.63. The van der Waals surface area contributed by atoms with E-state index in [1.165, 1.54) is 5.56 Å². The van der Waals surface area contributed by atoms with Gasteiger partial charge in [-0.3, -0.25) is 9.78 Å². The van der Waals surface area contributed by atoms with Crippen molar-refractivity contribution < 1.29 is 4.79 Å². The number of aryl methyl sites for hydroxylation is 1. The summed E-state index contributed by atoms with van der Waals surface area (Å²) in [6, 6.07) is 2.00. The van der Waals surface area contributed by atoms with Crippen molar-refractivity contribution in [3.05, 3.63) is 29.8 Å². The molecule has 3 heterocycles. The second-order valence-electron chi connectivity index (χ2n) is 3.79. The number of pyridine rings is 1.